The van der Waals surface area contributed by atoms with Crippen LogP contribution in [0.3, 0.4) is 0 Å². The molecule has 0 unspecified atom stereocenters. The average molecular weight is 423 g/mol. The maximum absolute atomic E-state index is 12.0. The zero-order valence-electron chi connectivity index (χ0n) is 13.0. The van der Waals surface area contributed by atoms with Crippen molar-refractivity contribution in [3.05, 3.63) is 51.5 Å². The first kappa shape index (κ1) is 17.5. The molecule has 1 heterocycles. The summed E-state index contributed by atoms with van der Waals surface area (Å²) in [6, 6.07) is 10.4. The highest BCUT2D eigenvalue weighted by molar-refractivity contribution is 9.10. The number of nitrogens with one attached hydrogen (secondary N) is 1. The van der Waals surface area contributed by atoms with Crippen LogP contribution in [-0.4, -0.2) is 25.9 Å². The van der Waals surface area contributed by atoms with Crippen molar-refractivity contribution in [1.29, 1.82) is 0 Å². The van der Waals surface area contributed by atoms with Crippen LogP contribution in [0.4, 0.5) is 0 Å². The Morgan fingerprint density at radius 2 is 2.04 bits per heavy atom. The first-order valence-electron chi connectivity index (χ1n) is 7.35. The fourth-order valence-corrected chi connectivity index (χ4v) is 2.66. The Morgan fingerprint density at radius 3 is 2.92 bits per heavy atom. The number of carbonyl (C=O) groups is 1. The lowest BCUT2D eigenvalue weighted by molar-refractivity contribution is 0.0958. The lowest BCUT2D eigenvalue weighted by Gasteiger charge is -2.04. The van der Waals surface area contributed by atoms with E-state index in [1.54, 1.807) is 36.4 Å². The summed E-state index contributed by atoms with van der Waals surface area (Å²) in [5.74, 6) is 7.38. The zero-order valence-corrected chi connectivity index (χ0v) is 15.3. The van der Waals surface area contributed by atoms with Gasteiger partial charge in [-0.2, -0.15) is 0 Å². The fraction of sp³-hybridized carbons (Fsp3) is 0.167. The average Bonchev–Trinajstić information content (AvgIpc) is 3.07. The molecule has 2 aromatic carbocycles. The second kappa shape index (κ2) is 8.15. The van der Waals surface area contributed by atoms with Gasteiger partial charge in [0, 0.05) is 10.5 Å². The van der Waals surface area contributed by atoms with E-state index in [0.717, 1.165) is 4.47 Å². The summed E-state index contributed by atoms with van der Waals surface area (Å²) in [5.41, 5.74) is 0.398. The van der Waals surface area contributed by atoms with Crippen molar-refractivity contribution in [1.82, 2.24) is 5.32 Å². The molecule has 0 atom stereocenters. The topological polar surface area (TPSA) is 56.8 Å². The molecule has 0 bridgehead atoms. The first-order valence-corrected chi connectivity index (χ1v) is 8.52. The van der Waals surface area contributed by atoms with Gasteiger partial charge in [-0.25, -0.2) is 0 Å². The van der Waals surface area contributed by atoms with Crippen LogP contribution in [0.15, 0.2) is 40.9 Å². The molecule has 0 spiro atoms. The lowest BCUT2D eigenvalue weighted by atomic mass is 10.2. The zero-order chi connectivity index (χ0) is 17.6. The van der Waals surface area contributed by atoms with Crippen molar-refractivity contribution in [3.63, 3.8) is 0 Å². The maximum atomic E-state index is 12.0. The monoisotopic (exact) mass is 421 g/mol. The molecule has 2 aromatic rings. The summed E-state index contributed by atoms with van der Waals surface area (Å²) in [7, 11) is 0. The van der Waals surface area contributed by atoms with Gasteiger partial charge in [0.2, 0.25) is 6.79 Å². The molecule has 3 rings (SSSR count). The molecular formula is C18H13BrClNO4. The van der Waals surface area contributed by atoms with E-state index in [-0.39, 0.29) is 25.9 Å². The number of rotatable bonds is 4. The SMILES string of the molecule is O=C(NCC#CCOc1ccc2c(c1)OCO2)c1cc(Br)ccc1Cl. The third-order valence-corrected chi connectivity index (χ3v) is 4.11. The van der Waals surface area contributed by atoms with Gasteiger partial charge in [-0.15, -0.1) is 0 Å². The third-order valence-electron chi connectivity index (χ3n) is 3.29. The van der Waals surface area contributed by atoms with Gasteiger partial charge >= 0.3 is 0 Å². The lowest BCUT2D eigenvalue weighted by Crippen LogP contribution is -2.24. The number of benzene rings is 2. The second-order valence-electron chi connectivity index (χ2n) is 4.96. The Hall–Kier alpha value is -2.36. The van der Waals surface area contributed by atoms with Crippen LogP contribution >= 0.6 is 27.5 Å². The van der Waals surface area contributed by atoms with Gasteiger partial charge in [-0.3, -0.25) is 4.79 Å². The molecule has 1 N–H and O–H groups in total. The van der Waals surface area contributed by atoms with E-state index >= 15 is 0 Å². The van der Waals surface area contributed by atoms with E-state index in [9.17, 15) is 4.79 Å². The molecular weight excluding hydrogens is 410 g/mol. The van der Waals surface area contributed by atoms with E-state index in [1.807, 2.05) is 0 Å². The van der Waals surface area contributed by atoms with E-state index in [0.29, 0.717) is 27.8 Å². The highest BCUT2D eigenvalue weighted by Gasteiger charge is 2.13. The maximum Gasteiger partial charge on any atom is 0.253 e. The predicted molar refractivity (Wildman–Crippen MR) is 97.3 cm³/mol. The van der Waals surface area contributed by atoms with Crippen molar-refractivity contribution in [3.8, 4) is 29.1 Å². The minimum Gasteiger partial charge on any atom is -0.481 e. The molecule has 1 aliphatic rings. The summed E-state index contributed by atoms with van der Waals surface area (Å²) < 4.78 is 16.8. The molecule has 0 radical (unpaired) electrons. The van der Waals surface area contributed by atoms with Crippen LogP contribution < -0.4 is 19.5 Å². The number of amides is 1. The van der Waals surface area contributed by atoms with Crippen LogP contribution in [0.1, 0.15) is 10.4 Å². The summed E-state index contributed by atoms with van der Waals surface area (Å²) in [4.78, 5) is 12.0. The van der Waals surface area contributed by atoms with E-state index in [2.05, 4.69) is 33.1 Å². The van der Waals surface area contributed by atoms with Crippen LogP contribution in [0.5, 0.6) is 17.2 Å². The molecule has 25 heavy (non-hydrogen) atoms. The quantitative estimate of drug-likeness (QED) is 0.764. The Balaban J connectivity index is 1.45. The predicted octanol–water partition coefficient (Wildman–Crippen LogP) is 3.64. The molecule has 7 heteroatoms. The van der Waals surface area contributed by atoms with Gasteiger partial charge in [0.1, 0.15) is 12.4 Å². The molecule has 0 saturated carbocycles. The largest absolute Gasteiger partial charge is 0.481 e. The summed E-state index contributed by atoms with van der Waals surface area (Å²) >= 11 is 9.31. The Morgan fingerprint density at radius 1 is 1.20 bits per heavy atom. The molecule has 1 aliphatic heterocycles. The number of ether oxygens (including phenoxy) is 3. The van der Waals surface area contributed by atoms with Crippen LogP contribution in [0, 0.1) is 11.8 Å². The summed E-state index contributed by atoms with van der Waals surface area (Å²) in [6.07, 6.45) is 0. The molecule has 0 saturated heterocycles. The van der Waals surface area contributed by atoms with Gasteiger partial charge < -0.3 is 19.5 Å². The van der Waals surface area contributed by atoms with E-state index < -0.39 is 0 Å². The summed E-state index contributed by atoms with van der Waals surface area (Å²) in [6.45, 7) is 0.625. The van der Waals surface area contributed by atoms with Gasteiger partial charge in [-0.1, -0.05) is 39.4 Å². The molecule has 0 aromatic heterocycles. The van der Waals surface area contributed by atoms with Gasteiger partial charge in [0.05, 0.1) is 17.1 Å². The van der Waals surface area contributed by atoms with Crippen molar-refractivity contribution < 1.29 is 19.0 Å². The Bertz CT molecular complexity index is 860. The third kappa shape index (κ3) is 4.59. The van der Waals surface area contributed by atoms with Crippen molar-refractivity contribution in [2.75, 3.05) is 19.9 Å². The van der Waals surface area contributed by atoms with E-state index in [4.69, 9.17) is 25.8 Å². The molecule has 0 aliphatic carbocycles. The number of halogens is 2. The van der Waals surface area contributed by atoms with Gasteiger partial charge in [-0.05, 0) is 30.3 Å². The van der Waals surface area contributed by atoms with Crippen LogP contribution in [0.2, 0.25) is 5.02 Å². The van der Waals surface area contributed by atoms with Crippen molar-refractivity contribution in [2.45, 2.75) is 0 Å². The highest BCUT2D eigenvalue weighted by atomic mass is 79.9. The number of carbonyl (C=O) groups excluding carboxylic acids is 1. The minimum absolute atomic E-state index is 0.201. The standard InChI is InChI=1S/C18H13BrClNO4/c19-12-3-5-15(20)14(9-12)18(22)21-7-1-2-8-23-13-4-6-16-17(10-13)25-11-24-16/h3-6,9-10H,7-8,11H2,(H,21,22). The molecule has 1 amide bonds. The smallest absolute Gasteiger partial charge is 0.253 e. The normalized spacial score (nSPS) is 11.4. The number of hydrogen-bond donors (Lipinski definition) is 1. The van der Waals surface area contributed by atoms with Gasteiger partial charge in [0.15, 0.2) is 11.5 Å². The number of hydrogen-bond acceptors (Lipinski definition) is 4. The first-order chi connectivity index (χ1) is 12.1. The van der Waals surface area contributed by atoms with Crippen LogP contribution in [-0.2, 0) is 0 Å². The minimum atomic E-state index is -0.280. The molecule has 0 fully saturated rings. The fourth-order valence-electron chi connectivity index (χ4n) is 2.09. The summed E-state index contributed by atoms with van der Waals surface area (Å²) in [5, 5.41) is 3.08. The highest BCUT2D eigenvalue weighted by Crippen LogP contribution is 2.34. The number of fused-ring (bicyclic) bond motifs is 1. The van der Waals surface area contributed by atoms with Crippen molar-refractivity contribution >= 4 is 33.4 Å². The molecule has 5 nitrogen and oxygen atoms in total. The van der Waals surface area contributed by atoms with Crippen molar-refractivity contribution in [2.24, 2.45) is 0 Å². The van der Waals surface area contributed by atoms with Gasteiger partial charge in [0.25, 0.3) is 5.91 Å². The Labute approximate surface area is 158 Å². The van der Waals surface area contributed by atoms with Crippen LogP contribution in [0.25, 0.3) is 0 Å². The second-order valence-corrected chi connectivity index (χ2v) is 6.29. The molecule has 128 valence electrons. The Kier molecular flexibility index (Phi) is 5.69. The van der Waals surface area contributed by atoms with E-state index in [1.165, 1.54) is 0 Å².